The number of amides is 2. The number of fused-ring (bicyclic) bond motifs is 1. The number of hydrazine groups is 1. The molecule has 0 unspecified atom stereocenters. The lowest BCUT2D eigenvalue weighted by Gasteiger charge is -2.31. The number of carbonyl (C=O) groups is 2. The Labute approximate surface area is 246 Å². The van der Waals surface area contributed by atoms with Gasteiger partial charge in [0.15, 0.2) is 5.82 Å². The van der Waals surface area contributed by atoms with E-state index in [2.05, 4.69) is 20.8 Å². The minimum Gasteiger partial charge on any atom is -0.376 e. The van der Waals surface area contributed by atoms with Crippen LogP contribution in [0.25, 0.3) is 11.5 Å². The maximum absolute atomic E-state index is 14.2. The summed E-state index contributed by atoms with van der Waals surface area (Å²) in [5, 5.41) is 13.5. The Morgan fingerprint density at radius 2 is 1.90 bits per heavy atom. The van der Waals surface area contributed by atoms with E-state index >= 15 is 0 Å². The van der Waals surface area contributed by atoms with Crippen molar-refractivity contribution < 1.29 is 18.5 Å². The van der Waals surface area contributed by atoms with Crippen LogP contribution in [0.5, 0.6) is 0 Å². The van der Waals surface area contributed by atoms with Gasteiger partial charge in [0.05, 0.1) is 6.54 Å². The number of hydrogen-bond donors (Lipinski definition) is 2. The van der Waals surface area contributed by atoms with Crippen LogP contribution in [-0.4, -0.2) is 76.6 Å². The molecule has 40 heavy (non-hydrogen) atoms. The van der Waals surface area contributed by atoms with Crippen LogP contribution in [-0.2, 0) is 22.7 Å². The predicted octanol–water partition coefficient (Wildman–Crippen LogP) is 3.58. The van der Waals surface area contributed by atoms with E-state index in [1.165, 1.54) is 11.1 Å². The summed E-state index contributed by atoms with van der Waals surface area (Å²) in [5.41, 5.74) is 3.98. The number of hydrogen-bond acceptors (Lipinski definition) is 8. The third-order valence-electron chi connectivity index (χ3n) is 6.61. The number of benzene rings is 2. The minimum atomic E-state index is -0.269. The van der Waals surface area contributed by atoms with Crippen molar-refractivity contribution in [2.24, 2.45) is 0 Å². The van der Waals surface area contributed by atoms with E-state index in [9.17, 15) is 14.0 Å². The van der Waals surface area contributed by atoms with Crippen molar-refractivity contribution in [2.75, 3.05) is 45.1 Å². The largest absolute Gasteiger partial charge is 0.376 e. The Balaban J connectivity index is 0.00000280. The number of halogens is 3. The molecular weight excluding hydrogens is 560 g/mol. The Bertz CT molecular complexity index is 1310. The molecule has 0 radical (unpaired) electrons. The Hall–Kier alpha value is -3.25. The number of aryl methyl sites for hydroxylation is 2. The monoisotopic (exact) mass is 595 g/mol. The maximum atomic E-state index is 14.2. The van der Waals surface area contributed by atoms with Gasteiger partial charge in [0.2, 0.25) is 5.91 Å². The summed E-state index contributed by atoms with van der Waals surface area (Å²) in [6.07, 6.45) is 0. The molecule has 0 saturated carbocycles. The van der Waals surface area contributed by atoms with Gasteiger partial charge in [-0.1, -0.05) is 24.2 Å². The van der Waals surface area contributed by atoms with Crippen LogP contribution in [0.3, 0.4) is 0 Å². The molecule has 2 amide bonds. The standard InChI is InChI=1S/C27H34FN7O3.2ClH/c1-5-29-11-12-34(17-26(37)33(4)35-15-21-7-6-8-23(28)22(21)16-35)25(36)14-30-24-10-9-20(13-18(24)2)27-31-19(3)32-38-27;;/h6-10,13,29-30H,5,11-12,14-17H2,1-4H3;2*1H. The molecule has 1 aromatic heterocycles. The predicted molar refractivity (Wildman–Crippen MR) is 156 cm³/mol. The second kappa shape index (κ2) is 14.9. The highest BCUT2D eigenvalue weighted by atomic mass is 35.5. The summed E-state index contributed by atoms with van der Waals surface area (Å²) in [6, 6.07) is 10.6. The van der Waals surface area contributed by atoms with Crippen LogP contribution in [0.15, 0.2) is 40.9 Å². The average molecular weight is 597 g/mol. The molecule has 1 aliphatic rings. The molecule has 0 aliphatic carbocycles. The molecular formula is C27H36Cl2FN7O3. The van der Waals surface area contributed by atoms with Crippen LogP contribution in [0.1, 0.15) is 29.4 Å². The van der Waals surface area contributed by atoms with Gasteiger partial charge in [-0.25, -0.2) is 9.40 Å². The zero-order valence-corrected chi connectivity index (χ0v) is 24.7. The highest BCUT2D eigenvalue weighted by molar-refractivity contribution is 5.87. The first kappa shape index (κ1) is 33.0. The smallest absolute Gasteiger partial charge is 0.257 e. The Kier molecular flexibility index (Phi) is 12.3. The van der Waals surface area contributed by atoms with Gasteiger partial charge in [0.1, 0.15) is 12.4 Å². The van der Waals surface area contributed by atoms with Gasteiger partial charge in [-0.3, -0.25) is 14.6 Å². The first-order valence-corrected chi connectivity index (χ1v) is 12.7. The number of likely N-dealkylation sites (N-methyl/N-ethyl adjacent to an activating group) is 2. The van der Waals surface area contributed by atoms with Crippen LogP contribution in [0.2, 0.25) is 0 Å². The molecule has 1 aliphatic heterocycles. The van der Waals surface area contributed by atoms with E-state index in [1.807, 2.05) is 38.1 Å². The topological polar surface area (TPSA) is 107 Å². The molecule has 0 spiro atoms. The maximum Gasteiger partial charge on any atom is 0.257 e. The summed E-state index contributed by atoms with van der Waals surface area (Å²) >= 11 is 0. The van der Waals surface area contributed by atoms with E-state index in [0.29, 0.717) is 43.5 Å². The van der Waals surface area contributed by atoms with Crippen molar-refractivity contribution in [2.45, 2.75) is 33.9 Å². The number of nitrogens with one attached hydrogen (secondary N) is 2. The summed E-state index contributed by atoms with van der Waals surface area (Å²) in [6.45, 7) is 8.10. The summed E-state index contributed by atoms with van der Waals surface area (Å²) < 4.78 is 19.4. The molecule has 0 atom stereocenters. The first-order chi connectivity index (χ1) is 18.3. The fourth-order valence-electron chi connectivity index (χ4n) is 4.37. The summed E-state index contributed by atoms with van der Waals surface area (Å²) in [4.78, 5) is 32.1. The normalized spacial score (nSPS) is 12.2. The zero-order valence-electron chi connectivity index (χ0n) is 23.1. The molecule has 4 rings (SSSR count). The molecule has 0 saturated heterocycles. The molecule has 0 bridgehead atoms. The van der Waals surface area contributed by atoms with Gasteiger partial charge >= 0.3 is 0 Å². The van der Waals surface area contributed by atoms with Crippen molar-refractivity contribution in [3.05, 3.63) is 64.7 Å². The molecule has 0 fully saturated rings. The second-order valence-electron chi connectivity index (χ2n) is 9.32. The van der Waals surface area contributed by atoms with Crippen LogP contribution < -0.4 is 10.6 Å². The van der Waals surface area contributed by atoms with Crippen molar-refractivity contribution in [3.63, 3.8) is 0 Å². The van der Waals surface area contributed by atoms with Crippen molar-refractivity contribution in [1.29, 1.82) is 0 Å². The van der Waals surface area contributed by atoms with Gasteiger partial charge in [-0.15, -0.1) is 24.8 Å². The lowest BCUT2D eigenvalue weighted by Crippen LogP contribution is -2.49. The van der Waals surface area contributed by atoms with E-state index in [1.54, 1.807) is 29.9 Å². The number of anilines is 1. The molecule has 2 heterocycles. The van der Waals surface area contributed by atoms with Gasteiger partial charge in [0, 0.05) is 50.0 Å². The summed E-state index contributed by atoms with van der Waals surface area (Å²) in [5.74, 6) is 0.295. The van der Waals surface area contributed by atoms with Gasteiger partial charge < -0.3 is 20.1 Å². The van der Waals surface area contributed by atoms with E-state index in [-0.39, 0.29) is 55.5 Å². The number of carbonyl (C=O) groups excluding carboxylic acids is 2. The molecule has 10 nitrogen and oxygen atoms in total. The van der Waals surface area contributed by atoms with Crippen molar-refractivity contribution >= 4 is 42.3 Å². The fourth-order valence-corrected chi connectivity index (χ4v) is 4.37. The lowest BCUT2D eigenvalue weighted by molar-refractivity contribution is -0.151. The van der Waals surface area contributed by atoms with Crippen molar-refractivity contribution in [3.8, 4) is 11.5 Å². The van der Waals surface area contributed by atoms with Gasteiger partial charge in [-0.05, 0) is 55.8 Å². The minimum absolute atomic E-state index is 0. The van der Waals surface area contributed by atoms with E-state index < -0.39 is 0 Å². The van der Waals surface area contributed by atoms with Crippen LogP contribution in [0.4, 0.5) is 10.1 Å². The average Bonchev–Trinajstić information content (AvgIpc) is 3.54. The van der Waals surface area contributed by atoms with E-state index in [0.717, 1.165) is 28.9 Å². The zero-order chi connectivity index (χ0) is 27.2. The Morgan fingerprint density at radius 3 is 2.55 bits per heavy atom. The third kappa shape index (κ3) is 7.91. The third-order valence-corrected chi connectivity index (χ3v) is 6.61. The van der Waals surface area contributed by atoms with E-state index in [4.69, 9.17) is 4.52 Å². The highest BCUT2D eigenvalue weighted by Crippen LogP contribution is 2.26. The van der Waals surface area contributed by atoms with Crippen LogP contribution in [0, 0.1) is 19.7 Å². The van der Waals surface area contributed by atoms with Crippen molar-refractivity contribution in [1.82, 2.24) is 30.4 Å². The molecule has 2 N–H and O–H groups in total. The molecule has 2 aromatic carbocycles. The number of rotatable bonds is 11. The molecule has 13 heteroatoms. The number of aromatic nitrogens is 2. The first-order valence-electron chi connectivity index (χ1n) is 12.7. The quantitative estimate of drug-likeness (QED) is 0.324. The number of nitrogens with zero attached hydrogens (tertiary/aromatic N) is 5. The van der Waals surface area contributed by atoms with Gasteiger partial charge in [0.25, 0.3) is 11.8 Å². The van der Waals surface area contributed by atoms with Crippen LogP contribution >= 0.6 is 24.8 Å². The molecule has 218 valence electrons. The Morgan fingerprint density at radius 1 is 1.12 bits per heavy atom. The van der Waals surface area contributed by atoms with Gasteiger partial charge in [-0.2, -0.15) is 4.98 Å². The highest BCUT2D eigenvalue weighted by Gasteiger charge is 2.28. The fraction of sp³-hybridized carbons (Fsp3) is 0.407. The summed E-state index contributed by atoms with van der Waals surface area (Å²) in [7, 11) is 1.66. The second-order valence-corrected chi connectivity index (χ2v) is 9.32. The molecule has 3 aromatic rings. The SMILES string of the molecule is CCNCCN(CC(=O)N(C)N1Cc2cccc(F)c2C1)C(=O)CNc1ccc(-c2nc(C)no2)cc1C.Cl.Cl. The lowest BCUT2D eigenvalue weighted by atomic mass is 10.1.